The maximum atomic E-state index is 5.56. The average Bonchev–Trinajstić information content (AvgIpc) is 2.88. The fourth-order valence-corrected chi connectivity index (χ4v) is 4.13. The van der Waals surface area contributed by atoms with Gasteiger partial charge in [-0.3, -0.25) is 0 Å². The number of hydrogen-bond donors (Lipinski definition) is 3. The van der Waals surface area contributed by atoms with Crippen LogP contribution in [-0.4, -0.2) is 23.7 Å². The van der Waals surface area contributed by atoms with Crippen molar-refractivity contribution in [3.8, 4) is 0 Å². The molecule has 4 rings (SSSR count). The van der Waals surface area contributed by atoms with Gasteiger partial charge in [-0.15, -0.1) is 0 Å². The van der Waals surface area contributed by atoms with Gasteiger partial charge in [0.05, 0.1) is 11.2 Å². The average molecular weight is 484 g/mol. The van der Waals surface area contributed by atoms with Crippen molar-refractivity contribution in [2.24, 2.45) is 5.92 Å². The number of fused-ring (bicyclic) bond motifs is 1. The number of anilines is 3. The number of benzene rings is 3. The fraction of sp³-hybridized carbons (Fsp3) is 0.241. The van der Waals surface area contributed by atoms with E-state index in [9.17, 15) is 0 Å². The zero-order valence-corrected chi connectivity index (χ0v) is 21.4. The topological polar surface area (TPSA) is 52.2 Å². The normalized spacial score (nSPS) is 10.9. The molecule has 0 saturated heterocycles. The molecule has 0 aliphatic rings. The van der Waals surface area contributed by atoms with Crippen molar-refractivity contribution in [1.82, 2.24) is 10.3 Å². The molecule has 35 heavy (non-hydrogen) atoms. The molecule has 4 aromatic rings. The van der Waals surface area contributed by atoms with Crippen LogP contribution in [-0.2, 0) is 13.1 Å². The number of thiocarbonyl (C=S) groups is 1. The third-order valence-corrected chi connectivity index (χ3v) is 6.06. The van der Waals surface area contributed by atoms with Gasteiger partial charge >= 0.3 is 0 Å². The summed E-state index contributed by atoms with van der Waals surface area (Å²) in [5.41, 5.74) is 5.29. The zero-order valence-electron chi connectivity index (χ0n) is 20.6. The number of nitrogens with one attached hydrogen (secondary N) is 3. The van der Waals surface area contributed by atoms with Gasteiger partial charge in [-0.1, -0.05) is 92.7 Å². The highest BCUT2D eigenvalue weighted by atomic mass is 32.1. The lowest BCUT2D eigenvalue weighted by Gasteiger charge is -2.29. The smallest absolute Gasteiger partial charge is 0.170 e. The summed E-state index contributed by atoms with van der Waals surface area (Å²) in [5, 5.41) is 11.8. The SMILES string of the molecule is CNC(=S)Nc1c(N(Cc2ccccc2)Cc2ccccc2)nc2ccccc2c1NCC(C)C. The summed E-state index contributed by atoms with van der Waals surface area (Å²) in [4.78, 5) is 7.50. The van der Waals surface area contributed by atoms with E-state index in [0.29, 0.717) is 24.1 Å². The van der Waals surface area contributed by atoms with Crippen LogP contribution >= 0.6 is 12.2 Å². The molecule has 5 nitrogen and oxygen atoms in total. The van der Waals surface area contributed by atoms with E-state index in [1.807, 2.05) is 25.2 Å². The van der Waals surface area contributed by atoms with Crippen molar-refractivity contribution >= 4 is 45.4 Å². The summed E-state index contributed by atoms with van der Waals surface area (Å²) < 4.78 is 0. The maximum absolute atomic E-state index is 5.56. The highest BCUT2D eigenvalue weighted by Gasteiger charge is 2.21. The van der Waals surface area contributed by atoms with Gasteiger partial charge in [0.2, 0.25) is 0 Å². The molecule has 0 aliphatic carbocycles. The number of pyridine rings is 1. The van der Waals surface area contributed by atoms with E-state index < -0.39 is 0 Å². The first kappa shape index (κ1) is 24.5. The van der Waals surface area contributed by atoms with E-state index in [-0.39, 0.29) is 0 Å². The second-order valence-corrected chi connectivity index (χ2v) is 9.42. The Balaban J connectivity index is 1.90. The molecular formula is C29H33N5S. The Kier molecular flexibility index (Phi) is 8.16. The molecule has 1 aromatic heterocycles. The Morgan fingerprint density at radius 1 is 0.829 bits per heavy atom. The Morgan fingerprint density at radius 2 is 1.40 bits per heavy atom. The lowest BCUT2D eigenvalue weighted by atomic mass is 10.1. The van der Waals surface area contributed by atoms with Crippen LogP contribution in [0.3, 0.4) is 0 Å². The quantitative estimate of drug-likeness (QED) is 0.239. The van der Waals surface area contributed by atoms with Crippen molar-refractivity contribution in [3.05, 3.63) is 96.1 Å². The van der Waals surface area contributed by atoms with Crippen molar-refractivity contribution in [2.75, 3.05) is 29.1 Å². The first-order valence-electron chi connectivity index (χ1n) is 12.0. The summed E-state index contributed by atoms with van der Waals surface area (Å²) in [5.74, 6) is 1.35. The minimum absolute atomic E-state index is 0.485. The second-order valence-electron chi connectivity index (χ2n) is 9.01. The molecule has 0 saturated carbocycles. The summed E-state index contributed by atoms with van der Waals surface area (Å²) in [6.07, 6.45) is 0. The molecule has 180 valence electrons. The molecule has 6 heteroatoms. The van der Waals surface area contributed by atoms with Gasteiger partial charge in [-0.25, -0.2) is 4.98 Å². The third-order valence-electron chi connectivity index (χ3n) is 5.76. The molecule has 1 heterocycles. The van der Waals surface area contributed by atoms with E-state index in [2.05, 4.69) is 101 Å². The summed E-state index contributed by atoms with van der Waals surface area (Å²) in [7, 11) is 1.83. The molecule has 0 amide bonds. The number of para-hydroxylation sites is 1. The number of rotatable bonds is 9. The Hall–Kier alpha value is -3.64. The Bertz CT molecular complexity index is 1220. The van der Waals surface area contributed by atoms with Crippen LogP contribution in [0.15, 0.2) is 84.9 Å². The molecule has 0 unspecified atom stereocenters. The minimum Gasteiger partial charge on any atom is -0.382 e. The molecule has 3 aromatic carbocycles. The van der Waals surface area contributed by atoms with Gasteiger partial charge in [0.1, 0.15) is 5.69 Å². The molecule has 0 spiro atoms. The summed E-state index contributed by atoms with van der Waals surface area (Å²) in [6.45, 7) is 6.68. The molecule has 0 atom stereocenters. The Labute approximate surface area is 213 Å². The van der Waals surface area contributed by atoms with Gasteiger partial charge in [-0.05, 0) is 35.3 Å². The van der Waals surface area contributed by atoms with Crippen LogP contribution in [0.2, 0.25) is 0 Å². The second kappa shape index (κ2) is 11.7. The van der Waals surface area contributed by atoms with Crippen LogP contribution in [0, 0.1) is 5.92 Å². The van der Waals surface area contributed by atoms with Crippen LogP contribution in [0.5, 0.6) is 0 Å². The molecular weight excluding hydrogens is 450 g/mol. The van der Waals surface area contributed by atoms with E-state index in [4.69, 9.17) is 17.2 Å². The van der Waals surface area contributed by atoms with E-state index in [0.717, 1.165) is 34.6 Å². The Morgan fingerprint density at radius 3 is 1.97 bits per heavy atom. The monoisotopic (exact) mass is 483 g/mol. The highest BCUT2D eigenvalue weighted by Crippen LogP contribution is 2.39. The number of hydrogen-bond acceptors (Lipinski definition) is 4. The lowest BCUT2D eigenvalue weighted by Crippen LogP contribution is -2.29. The van der Waals surface area contributed by atoms with Crippen molar-refractivity contribution in [3.63, 3.8) is 0 Å². The van der Waals surface area contributed by atoms with Crippen LogP contribution in [0.25, 0.3) is 10.9 Å². The largest absolute Gasteiger partial charge is 0.382 e. The number of nitrogens with zero attached hydrogens (tertiary/aromatic N) is 2. The van der Waals surface area contributed by atoms with E-state index in [1.165, 1.54) is 11.1 Å². The van der Waals surface area contributed by atoms with Gasteiger partial charge in [0.15, 0.2) is 10.9 Å². The molecule has 0 aliphatic heterocycles. The van der Waals surface area contributed by atoms with Crippen LogP contribution in [0.1, 0.15) is 25.0 Å². The minimum atomic E-state index is 0.485. The van der Waals surface area contributed by atoms with Gasteiger partial charge in [0, 0.05) is 32.1 Å². The zero-order chi connectivity index (χ0) is 24.6. The van der Waals surface area contributed by atoms with Crippen molar-refractivity contribution in [1.29, 1.82) is 0 Å². The van der Waals surface area contributed by atoms with Crippen molar-refractivity contribution < 1.29 is 0 Å². The fourth-order valence-electron chi connectivity index (χ4n) is 4.03. The van der Waals surface area contributed by atoms with E-state index >= 15 is 0 Å². The number of aromatic nitrogens is 1. The lowest BCUT2D eigenvalue weighted by molar-refractivity contribution is 0.689. The summed E-state index contributed by atoms with van der Waals surface area (Å²) >= 11 is 5.56. The first-order valence-corrected chi connectivity index (χ1v) is 12.4. The highest BCUT2D eigenvalue weighted by molar-refractivity contribution is 7.80. The van der Waals surface area contributed by atoms with Crippen molar-refractivity contribution in [2.45, 2.75) is 26.9 Å². The molecule has 0 radical (unpaired) electrons. The molecule has 0 bridgehead atoms. The maximum Gasteiger partial charge on any atom is 0.170 e. The van der Waals surface area contributed by atoms with Crippen LogP contribution < -0.4 is 20.9 Å². The predicted molar refractivity (Wildman–Crippen MR) is 153 cm³/mol. The molecule has 3 N–H and O–H groups in total. The third kappa shape index (κ3) is 6.28. The van der Waals surface area contributed by atoms with E-state index in [1.54, 1.807) is 0 Å². The summed E-state index contributed by atoms with van der Waals surface area (Å²) in [6, 6.07) is 29.3. The first-order chi connectivity index (χ1) is 17.0. The standard InChI is InChI=1S/C29H33N5S/c1-21(2)18-31-26-24-16-10-11-17-25(24)32-28(27(26)33-29(35)30-3)34(19-22-12-6-4-7-13-22)20-23-14-8-5-9-15-23/h4-17,21H,18-20H2,1-3H3,(H,31,32)(H2,30,33,35). The van der Waals surface area contributed by atoms with Crippen LogP contribution in [0.4, 0.5) is 17.2 Å². The van der Waals surface area contributed by atoms with Gasteiger partial charge in [0.25, 0.3) is 0 Å². The molecule has 0 fully saturated rings. The van der Waals surface area contributed by atoms with Gasteiger partial charge in [-0.2, -0.15) is 0 Å². The van der Waals surface area contributed by atoms with Gasteiger partial charge < -0.3 is 20.9 Å². The predicted octanol–water partition coefficient (Wildman–Crippen LogP) is 6.43.